The van der Waals surface area contributed by atoms with Gasteiger partial charge in [-0.2, -0.15) is 8.42 Å². The first-order chi connectivity index (χ1) is 25.0. The van der Waals surface area contributed by atoms with Crippen molar-refractivity contribution in [1.29, 1.82) is 0 Å². The van der Waals surface area contributed by atoms with E-state index in [1.165, 1.54) is 24.3 Å². The molecule has 0 fully saturated rings. The van der Waals surface area contributed by atoms with Crippen molar-refractivity contribution in [1.82, 2.24) is 0 Å². The predicted molar refractivity (Wildman–Crippen MR) is 197 cm³/mol. The first kappa shape index (κ1) is 38.5. The Morgan fingerprint density at radius 3 is 1.71 bits per heavy atom. The second kappa shape index (κ2) is 17.6. The van der Waals surface area contributed by atoms with Gasteiger partial charge in [0.05, 0.1) is 32.4 Å². The van der Waals surface area contributed by atoms with Crippen LogP contribution in [0.4, 0.5) is 4.39 Å². The Balaban J connectivity index is 1.45. The zero-order chi connectivity index (χ0) is 37.3. The highest BCUT2D eigenvalue weighted by Crippen LogP contribution is 2.34. The molecule has 268 valence electrons. The van der Waals surface area contributed by atoms with Crippen LogP contribution in [-0.2, 0) is 28.6 Å². The minimum absolute atomic E-state index is 0.00481. The fraction of sp³-hybridized carbons (Fsp3) is 0.132. The second-order valence-electron chi connectivity index (χ2n) is 11.0. The third kappa shape index (κ3) is 9.75. The van der Waals surface area contributed by atoms with Gasteiger partial charge >= 0.3 is 11.9 Å². The van der Waals surface area contributed by atoms with Gasteiger partial charge in [0.1, 0.15) is 18.6 Å². The molecular formula is C38H29Cl3FNO8S. The third-order valence-corrected chi connectivity index (χ3v) is 10.1. The lowest BCUT2D eigenvalue weighted by Gasteiger charge is -2.27. The van der Waals surface area contributed by atoms with E-state index in [1.54, 1.807) is 24.3 Å². The summed E-state index contributed by atoms with van der Waals surface area (Å²) in [4.78, 5) is 30.6. The molecule has 0 saturated carbocycles. The van der Waals surface area contributed by atoms with Crippen LogP contribution in [0.3, 0.4) is 0 Å². The Hall–Kier alpha value is -4.78. The maximum atomic E-state index is 15.9. The van der Waals surface area contributed by atoms with Crippen molar-refractivity contribution in [2.75, 3.05) is 13.7 Å². The van der Waals surface area contributed by atoms with E-state index in [1.807, 2.05) is 60.7 Å². The Labute approximate surface area is 314 Å². The number of esters is 2. The molecule has 0 saturated heterocycles. The zero-order valence-electron chi connectivity index (χ0n) is 27.2. The van der Waals surface area contributed by atoms with Crippen LogP contribution >= 0.6 is 34.8 Å². The van der Waals surface area contributed by atoms with Crippen LogP contribution in [0.1, 0.15) is 20.7 Å². The van der Waals surface area contributed by atoms with Crippen LogP contribution in [0, 0.1) is 0 Å². The number of ether oxygens (including phenoxy) is 2. The highest BCUT2D eigenvalue weighted by Gasteiger charge is 2.39. The fourth-order valence-corrected chi connectivity index (χ4v) is 6.98. The van der Waals surface area contributed by atoms with Gasteiger partial charge in [-0.3, -0.25) is 4.18 Å². The van der Waals surface area contributed by atoms with Crippen molar-refractivity contribution in [3.63, 3.8) is 0 Å². The van der Waals surface area contributed by atoms with Crippen LogP contribution in [0.5, 0.6) is 0 Å². The van der Waals surface area contributed by atoms with E-state index in [9.17, 15) is 18.0 Å². The Bertz CT molecular complexity index is 2140. The molecule has 0 aliphatic heterocycles. The van der Waals surface area contributed by atoms with Gasteiger partial charge < -0.3 is 14.3 Å². The third-order valence-electron chi connectivity index (χ3n) is 7.56. The van der Waals surface area contributed by atoms with Gasteiger partial charge in [-0.25, -0.2) is 14.0 Å². The summed E-state index contributed by atoms with van der Waals surface area (Å²) in [5.41, 5.74) is 3.51. The van der Waals surface area contributed by atoms with Crippen molar-refractivity contribution >= 4 is 63.1 Å². The van der Waals surface area contributed by atoms with Gasteiger partial charge in [0.2, 0.25) is 0 Å². The summed E-state index contributed by atoms with van der Waals surface area (Å²) in [5.74, 6) is -1.94. The molecule has 0 heterocycles. The summed E-state index contributed by atoms with van der Waals surface area (Å²) in [5, 5.41) is 2.83. The second-order valence-corrected chi connectivity index (χ2v) is 13.8. The van der Waals surface area contributed by atoms with E-state index in [0.717, 1.165) is 41.5 Å². The maximum Gasteiger partial charge on any atom is 0.338 e. The van der Waals surface area contributed by atoms with Gasteiger partial charge in [-0.1, -0.05) is 125 Å². The summed E-state index contributed by atoms with van der Waals surface area (Å²) in [7, 11) is -3.77. The van der Waals surface area contributed by atoms with Crippen molar-refractivity contribution in [2.24, 2.45) is 5.16 Å². The standard InChI is InChI=1S/C38H29Cl3FNO8S/c1-48-43-22-33(42)36(50-38(45)29-18-14-27(15-19-29)25-10-6-3-7-11-25)34(51-52(46,47)35-21-31(40)30(39)20-32(35)41)23-49-37(44)28-16-12-26(13-17-28)24-8-4-2-5-9-24/h2-22,33-34,36H,23H2,1H3/t33-,34-,36+/m1/s1. The largest absolute Gasteiger partial charge is 0.459 e. The van der Waals surface area contributed by atoms with Gasteiger partial charge in [-0.15, -0.1) is 0 Å². The molecule has 0 spiro atoms. The van der Waals surface area contributed by atoms with Crippen molar-refractivity contribution < 1.29 is 40.9 Å². The van der Waals surface area contributed by atoms with E-state index in [0.29, 0.717) is 6.21 Å². The maximum absolute atomic E-state index is 15.9. The molecule has 5 rings (SSSR count). The van der Waals surface area contributed by atoms with Gasteiger partial charge in [0.25, 0.3) is 10.1 Å². The average Bonchev–Trinajstić information content (AvgIpc) is 3.16. The number of carbonyl (C=O) groups excluding carboxylic acids is 2. The summed E-state index contributed by atoms with van der Waals surface area (Å²) in [6.07, 6.45) is -5.75. The van der Waals surface area contributed by atoms with Crippen LogP contribution in [-0.4, -0.2) is 58.7 Å². The number of benzene rings is 5. The monoisotopic (exact) mass is 783 g/mol. The minimum atomic E-state index is -4.91. The van der Waals surface area contributed by atoms with E-state index in [-0.39, 0.29) is 26.2 Å². The Morgan fingerprint density at radius 1 is 0.712 bits per heavy atom. The molecule has 9 nitrogen and oxygen atoms in total. The van der Waals surface area contributed by atoms with E-state index >= 15 is 4.39 Å². The van der Waals surface area contributed by atoms with E-state index < -0.39 is 51.9 Å². The normalized spacial score (nSPS) is 13.2. The Morgan fingerprint density at radius 2 is 1.19 bits per heavy atom. The molecule has 0 N–H and O–H groups in total. The number of carbonyl (C=O) groups is 2. The lowest BCUT2D eigenvalue weighted by atomic mass is 10.0. The molecule has 52 heavy (non-hydrogen) atoms. The lowest BCUT2D eigenvalue weighted by molar-refractivity contribution is -0.0478. The van der Waals surface area contributed by atoms with Gasteiger partial charge in [-0.05, 0) is 58.7 Å². The smallest absolute Gasteiger partial charge is 0.338 e. The SMILES string of the molecule is CON=C[C@@H](F)[C@H](OC(=O)c1ccc(-c2ccccc2)cc1)[C@@H](COC(=O)c1ccc(-c2ccccc2)cc1)OS(=O)(=O)c1cc(Cl)c(Cl)cc1Cl. The Kier molecular flexibility index (Phi) is 13.0. The molecule has 0 aliphatic rings. The van der Waals surface area contributed by atoms with Crippen LogP contribution in [0.25, 0.3) is 22.3 Å². The average molecular weight is 785 g/mol. The molecular weight excluding hydrogens is 756 g/mol. The molecule has 3 atom stereocenters. The summed E-state index contributed by atoms with van der Waals surface area (Å²) < 4.78 is 59.5. The first-order valence-electron chi connectivity index (χ1n) is 15.4. The molecule has 0 bridgehead atoms. The van der Waals surface area contributed by atoms with Crippen molar-refractivity contribution in [3.8, 4) is 22.3 Å². The first-order valence-corrected chi connectivity index (χ1v) is 18.0. The topological polar surface area (TPSA) is 118 Å². The summed E-state index contributed by atoms with van der Waals surface area (Å²) in [6.45, 7) is -0.913. The molecule has 14 heteroatoms. The molecule has 0 amide bonds. The zero-order valence-corrected chi connectivity index (χ0v) is 30.3. The molecule has 0 aliphatic carbocycles. The predicted octanol–water partition coefficient (Wildman–Crippen LogP) is 9.11. The fourth-order valence-electron chi connectivity index (χ4n) is 4.93. The lowest BCUT2D eigenvalue weighted by Crippen LogP contribution is -2.45. The van der Waals surface area contributed by atoms with E-state index in [4.69, 9.17) is 48.5 Å². The number of rotatable bonds is 14. The van der Waals surface area contributed by atoms with Crippen molar-refractivity contribution in [3.05, 3.63) is 148 Å². The van der Waals surface area contributed by atoms with Gasteiger partial charge in [0, 0.05) is 0 Å². The number of oxime groups is 1. The molecule has 5 aromatic rings. The highest BCUT2D eigenvalue weighted by atomic mass is 35.5. The number of hydrogen-bond acceptors (Lipinski definition) is 9. The quantitative estimate of drug-likeness (QED) is 0.0360. The highest BCUT2D eigenvalue weighted by molar-refractivity contribution is 7.87. The summed E-state index contributed by atoms with van der Waals surface area (Å²) >= 11 is 18.2. The number of nitrogens with zero attached hydrogens (tertiary/aromatic N) is 1. The van der Waals surface area contributed by atoms with Gasteiger partial charge in [0.15, 0.2) is 18.4 Å². The number of hydrogen-bond donors (Lipinski definition) is 0. The van der Waals surface area contributed by atoms with Crippen molar-refractivity contribution in [2.45, 2.75) is 23.3 Å². The van der Waals surface area contributed by atoms with Crippen LogP contribution in [0.15, 0.2) is 131 Å². The van der Waals surface area contributed by atoms with E-state index in [2.05, 4.69) is 9.99 Å². The minimum Gasteiger partial charge on any atom is -0.459 e. The van der Waals surface area contributed by atoms with Crippen LogP contribution in [0.2, 0.25) is 15.1 Å². The molecule has 0 unspecified atom stereocenters. The molecule has 0 aromatic heterocycles. The molecule has 0 radical (unpaired) electrons. The molecule has 5 aromatic carbocycles. The number of alkyl halides is 1. The number of halogens is 4. The van der Waals surface area contributed by atoms with Crippen LogP contribution < -0.4 is 0 Å². The summed E-state index contributed by atoms with van der Waals surface area (Å²) in [6, 6.07) is 33.4.